The molecular weight excluding hydrogens is 322 g/mol. The van der Waals surface area contributed by atoms with Crippen LogP contribution in [0.4, 0.5) is 4.79 Å². The maximum Gasteiger partial charge on any atom is 0.321 e. The highest BCUT2D eigenvalue weighted by molar-refractivity contribution is 6.08. The molecule has 1 aromatic carbocycles. The van der Waals surface area contributed by atoms with Gasteiger partial charge < -0.3 is 5.32 Å². The van der Waals surface area contributed by atoms with Gasteiger partial charge in [-0.2, -0.15) is 0 Å². The average molecular weight is 343 g/mol. The van der Waals surface area contributed by atoms with Crippen molar-refractivity contribution in [2.75, 3.05) is 6.54 Å². The predicted octanol–water partition coefficient (Wildman–Crippen LogP) is 1.19. The summed E-state index contributed by atoms with van der Waals surface area (Å²) in [5, 5.41) is 4.73. The molecule has 1 saturated heterocycles. The van der Waals surface area contributed by atoms with Crippen molar-refractivity contribution in [1.29, 1.82) is 0 Å². The quantitative estimate of drug-likeness (QED) is 0.803. The fourth-order valence-corrected chi connectivity index (χ4v) is 3.52. The molecule has 2 fully saturated rings. The predicted molar refractivity (Wildman–Crippen MR) is 89.0 cm³/mol. The van der Waals surface area contributed by atoms with Gasteiger partial charge in [-0.3, -0.25) is 24.6 Å². The molecule has 0 aromatic heterocycles. The summed E-state index contributed by atoms with van der Waals surface area (Å²) in [4.78, 5) is 49.4. The SMILES string of the molecule is O=C(CN1C(=O)C2CCCCC2C1=O)NC(=O)NCc1ccccc1. The molecule has 7 heteroatoms. The van der Waals surface area contributed by atoms with E-state index in [4.69, 9.17) is 0 Å². The third kappa shape index (κ3) is 3.87. The molecule has 7 nitrogen and oxygen atoms in total. The number of urea groups is 1. The Labute approximate surface area is 145 Å². The molecule has 25 heavy (non-hydrogen) atoms. The van der Waals surface area contributed by atoms with Crippen molar-refractivity contribution in [3.8, 4) is 0 Å². The van der Waals surface area contributed by atoms with E-state index in [0.29, 0.717) is 12.8 Å². The van der Waals surface area contributed by atoms with Crippen LogP contribution in [-0.4, -0.2) is 35.2 Å². The van der Waals surface area contributed by atoms with E-state index in [-0.39, 0.29) is 30.2 Å². The van der Waals surface area contributed by atoms with Crippen LogP contribution >= 0.6 is 0 Å². The number of carbonyl (C=O) groups is 4. The van der Waals surface area contributed by atoms with E-state index in [1.807, 2.05) is 30.3 Å². The molecule has 2 aliphatic rings. The van der Waals surface area contributed by atoms with Crippen LogP contribution in [-0.2, 0) is 20.9 Å². The molecule has 5 amide bonds. The van der Waals surface area contributed by atoms with Crippen molar-refractivity contribution in [2.45, 2.75) is 32.2 Å². The van der Waals surface area contributed by atoms with Crippen molar-refractivity contribution >= 4 is 23.8 Å². The summed E-state index contributed by atoms with van der Waals surface area (Å²) in [5.41, 5.74) is 0.902. The second-order valence-corrected chi connectivity index (χ2v) is 6.48. The average Bonchev–Trinajstić information content (AvgIpc) is 2.86. The van der Waals surface area contributed by atoms with Crippen LogP contribution in [0.2, 0.25) is 0 Å². The van der Waals surface area contributed by atoms with E-state index in [0.717, 1.165) is 23.3 Å². The molecule has 0 spiro atoms. The van der Waals surface area contributed by atoms with Crippen LogP contribution in [0.25, 0.3) is 0 Å². The van der Waals surface area contributed by atoms with E-state index in [1.165, 1.54) is 0 Å². The number of nitrogens with one attached hydrogen (secondary N) is 2. The maximum absolute atomic E-state index is 12.3. The van der Waals surface area contributed by atoms with Crippen LogP contribution in [0, 0.1) is 11.8 Å². The van der Waals surface area contributed by atoms with E-state index in [2.05, 4.69) is 10.6 Å². The van der Waals surface area contributed by atoms with Crippen LogP contribution in [0.1, 0.15) is 31.2 Å². The summed E-state index contributed by atoms with van der Waals surface area (Å²) >= 11 is 0. The first-order valence-electron chi connectivity index (χ1n) is 8.53. The fraction of sp³-hybridized carbons (Fsp3) is 0.444. The third-order valence-electron chi connectivity index (χ3n) is 4.78. The Hall–Kier alpha value is -2.70. The summed E-state index contributed by atoms with van der Waals surface area (Å²) in [6.45, 7) is -0.116. The van der Waals surface area contributed by atoms with Gasteiger partial charge in [0.1, 0.15) is 6.54 Å². The maximum atomic E-state index is 12.3. The van der Waals surface area contributed by atoms with Crippen molar-refractivity contribution in [2.24, 2.45) is 11.8 Å². The molecule has 1 saturated carbocycles. The number of carbonyl (C=O) groups excluding carboxylic acids is 4. The second kappa shape index (κ2) is 7.46. The van der Waals surface area contributed by atoms with E-state index in [1.54, 1.807) is 0 Å². The molecule has 2 atom stereocenters. The monoisotopic (exact) mass is 343 g/mol. The van der Waals surface area contributed by atoms with Gasteiger partial charge in [-0.15, -0.1) is 0 Å². The van der Waals surface area contributed by atoms with Crippen LogP contribution in [0.3, 0.4) is 0 Å². The normalized spacial score (nSPS) is 22.5. The number of nitrogens with zero attached hydrogens (tertiary/aromatic N) is 1. The zero-order valence-electron chi connectivity index (χ0n) is 13.9. The van der Waals surface area contributed by atoms with Gasteiger partial charge in [-0.1, -0.05) is 43.2 Å². The van der Waals surface area contributed by atoms with Gasteiger partial charge in [0.2, 0.25) is 17.7 Å². The third-order valence-corrected chi connectivity index (χ3v) is 4.78. The van der Waals surface area contributed by atoms with Crippen LogP contribution in [0.5, 0.6) is 0 Å². The molecule has 0 radical (unpaired) electrons. The van der Waals surface area contributed by atoms with Crippen molar-refractivity contribution in [3.05, 3.63) is 35.9 Å². The number of benzene rings is 1. The Morgan fingerprint density at radius 1 is 1.00 bits per heavy atom. The highest BCUT2D eigenvalue weighted by Crippen LogP contribution is 2.37. The molecule has 1 heterocycles. The van der Waals surface area contributed by atoms with Gasteiger partial charge in [-0.05, 0) is 18.4 Å². The summed E-state index contributed by atoms with van der Waals surface area (Å²) < 4.78 is 0. The molecule has 1 aliphatic heterocycles. The number of rotatable bonds is 4. The minimum Gasteiger partial charge on any atom is -0.334 e. The second-order valence-electron chi connectivity index (χ2n) is 6.48. The van der Waals surface area contributed by atoms with Crippen LogP contribution in [0.15, 0.2) is 30.3 Å². The number of imide groups is 2. The molecule has 2 unspecified atom stereocenters. The number of amides is 5. The van der Waals surface area contributed by atoms with E-state index in [9.17, 15) is 19.2 Å². The summed E-state index contributed by atoms with van der Waals surface area (Å²) in [5.74, 6) is -1.81. The molecular formula is C18H21N3O4. The first-order chi connectivity index (χ1) is 12.1. The van der Waals surface area contributed by atoms with Crippen molar-refractivity contribution in [1.82, 2.24) is 15.5 Å². The van der Waals surface area contributed by atoms with Crippen molar-refractivity contribution < 1.29 is 19.2 Å². The zero-order valence-corrected chi connectivity index (χ0v) is 13.9. The molecule has 132 valence electrons. The molecule has 2 N–H and O–H groups in total. The fourth-order valence-electron chi connectivity index (χ4n) is 3.52. The number of hydrogen-bond acceptors (Lipinski definition) is 4. The number of hydrogen-bond donors (Lipinski definition) is 2. The Morgan fingerprint density at radius 3 is 2.20 bits per heavy atom. The topological polar surface area (TPSA) is 95.6 Å². The lowest BCUT2D eigenvalue weighted by Crippen LogP contribution is -2.46. The van der Waals surface area contributed by atoms with E-state index < -0.39 is 18.5 Å². The van der Waals surface area contributed by atoms with Crippen LogP contribution < -0.4 is 10.6 Å². The molecule has 1 aromatic rings. The minimum absolute atomic E-state index is 0.283. The Balaban J connectivity index is 1.49. The first kappa shape index (κ1) is 17.1. The number of fused-ring (bicyclic) bond motifs is 1. The lowest BCUT2D eigenvalue weighted by Gasteiger charge is -2.19. The Morgan fingerprint density at radius 2 is 1.60 bits per heavy atom. The smallest absolute Gasteiger partial charge is 0.321 e. The molecule has 3 rings (SSSR count). The largest absolute Gasteiger partial charge is 0.334 e. The lowest BCUT2D eigenvalue weighted by molar-refractivity contribution is -0.143. The first-order valence-corrected chi connectivity index (χ1v) is 8.53. The van der Waals surface area contributed by atoms with Gasteiger partial charge in [0.15, 0.2) is 0 Å². The zero-order chi connectivity index (χ0) is 17.8. The van der Waals surface area contributed by atoms with E-state index >= 15 is 0 Å². The molecule has 1 aliphatic carbocycles. The highest BCUT2D eigenvalue weighted by atomic mass is 16.2. The van der Waals surface area contributed by atoms with Gasteiger partial charge in [0.25, 0.3) is 0 Å². The number of likely N-dealkylation sites (tertiary alicyclic amines) is 1. The van der Waals surface area contributed by atoms with Gasteiger partial charge >= 0.3 is 6.03 Å². The lowest BCUT2D eigenvalue weighted by atomic mass is 9.81. The summed E-state index contributed by atoms with van der Waals surface area (Å²) in [6.07, 6.45) is 3.26. The van der Waals surface area contributed by atoms with Crippen molar-refractivity contribution in [3.63, 3.8) is 0 Å². The Kier molecular flexibility index (Phi) is 5.11. The molecule has 0 bridgehead atoms. The Bertz CT molecular complexity index is 665. The minimum atomic E-state index is -0.661. The van der Waals surface area contributed by atoms with Gasteiger partial charge in [-0.25, -0.2) is 4.79 Å². The standard InChI is InChI=1S/C18H21N3O4/c22-15(20-18(25)19-10-12-6-2-1-3-7-12)11-21-16(23)13-8-4-5-9-14(13)17(21)24/h1-3,6-7,13-14H,4-5,8-11H2,(H2,19,20,22,25). The van der Waals surface area contributed by atoms with Gasteiger partial charge in [0.05, 0.1) is 11.8 Å². The highest BCUT2D eigenvalue weighted by Gasteiger charge is 2.48. The summed E-state index contributed by atoms with van der Waals surface area (Å²) in [6, 6.07) is 8.63. The summed E-state index contributed by atoms with van der Waals surface area (Å²) in [7, 11) is 0. The van der Waals surface area contributed by atoms with Gasteiger partial charge in [0, 0.05) is 6.54 Å².